The minimum Gasteiger partial charge on any atom is -0.311 e. The summed E-state index contributed by atoms with van der Waals surface area (Å²) in [4.78, 5) is 4.67. The molecule has 0 fully saturated rings. The third kappa shape index (κ3) is 3.07. The molecule has 0 radical (unpaired) electrons. The van der Waals surface area contributed by atoms with Gasteiger partial charge >= 0.3 is 0 Å². The molecule has 1 aromatic heterocycles. The van der Waals surface area contributed by atoms with Gasteiger partial charge in [-0.05, 0) is 43.3 Å². The molecule has 1 atom stereocenters. The number of benzene rings is 2. The fraction of sp³-hybridized carbons (Fsp3) is 0.188. The van der Waals surface area contributed by atoms with Gasteiger partial charge in [-0.15, -0.1) is 11.3 Å². The first kappa shape index (κ1) is 14.4. The number of aromatic nitrogens is 1. The molecule has 2 aromatic carbocycles. The molecule has 0 bridgehead atoms. The third-order valence-corrected chi connectivity index (χ3v) is 4.82. The Kier molecular flexibility index (Phi) is 4.19. The summed E-state index contributed by atoms with van der Waals surface area (Å²) in [6, 6.07) is 13.0. The smallest absolute Gasteiger partial charge is 0.141 e. The maximum atomic E-state index is 13.2. The molecule has 0 amide bonds. The van der Waals surface area contributed by atoms with E-state index < -0.39 is 0 Å². The molecule has 0 saturated heterocycles. The summed E-state index contributed by atoms with van der Waals surface area (Å²) < 4.78 is 14.4. The number of thiazole rings is 1. The summed E-state index contributed by atoms with van der Waals surface area (Å²) in [7, 11) is 1.90. The lowest BCUT2D eigenvalue weighted by atomic mass is 10.1. The van der Waals surface area contributed by atoms with Crippen molar-refractivity contribution in [1.82, 2.24) is 10.3 Å². The van der Waals surface area contributed by atoms with Crippen LogP contribution in [0.25, 0.3) is 10.2 Å². The minimum atomic E-state index is -0.388. The van der Waals surface area contributed by atoms with Gasteiger partial charge in [0, 0.05) is 0 Å². The number of nitrogens with zero attached hydrogens (tertiary/aromatic N) is 1. The van der Waals surface area contributed by atoms with E-state index in [2.05, 4.69) is 16.4 Å². The second kappa shape index (κ2) is 6.10. The van der Waals surface area contributed by atoms with Gasteiger partial charge in [0.15, 0.2) is 0 Å². The molecule has 1 heterocycles. The molecule has 1 unspecified atom stereocenters. The van der Waals surface area contributed by atoms with E-state index >= 15 is 0 Å². The summed E-state index contributed by atoms with van der Waals surface area (Å²) in [6.45, 7) is 0. The lowest BCUT2D eigenvalue weighted by Crippen LogP contribution is -2.18. The molecule has 0 saturated carbocycles. The number of hydrogen-bond acceptors (Lipinski definition) is 3. The van der Waals surface area contributed by atoms with E-state index in [1.54, 1.807) is 23.5 Å². The van der Waals surface area contributed by atoms with Crippen molar-refractivity contribution < 1.29 is 4.39 Å². The zero-order valence-electron chi connectivity index (χ0n) is 11.4. The Morgan fingerprint density at radius 2 is 2.10 bits per heavy atom. The van der Waals surface area contributed by atoms with Crippen LogP contribution in [0.15, 0.2) is 42.5 Å². The van der Waals surface area contributed by atoms with Gasteiger partial charge in [0.05, 0.1) is 21.3 Å². The predicted molar refractivity (Wildman–Crippen MR) is 86.5 cm³/mol. The summed E-state index contributed by atoms with van der Waals surface area (Å²) >= 11 is 7.52. The topological polar surface area (TPSA) is 24.9 Å². The summed E-state index contributed by atoms with van der Waals surface area (Å²) in [5.74, 6) is -0.388. The first-order valence-corrected chi connectivity index (χ1v) is 7.83. The summed E-state index contributed by atoms with van der Waals surface area (Å²) in [5, 5.41) is 4.46. The third-order valence-electron chi connectivity index (χ3n) is 3.38. The van der Waals surface area contributed by atoms with Crippen LogP contribution in [-0.4, -0.2) is 12.0 Å². The quantitative estimate of drug-likeness (QED) is 0.760. The Labute approximate surface area is 131 Å². The number of hydrogen-bond donors (Lipinski definition) is 1. The highest BCUT2D eigenvalue weighted by atomic mass is 35.5. The summed E-state index contributed by atoms with van der Waals surface area (Å²) in [5.41, 5.74) is 2.00. The van der Waals surface area contributed by atoms with Gasteiger partial charge in [0.25, 0.3) is 0 Å². The van der Waals surface area contributed by atoms with E-state index in [9.17, 15) is 4.39 Å². The van der Waals surface area contributed by atoms with Crippen molar-refractivity contribution in [2.24, 2.45) is 0 Å². The SMILES string of the molecule is CNC(Cc1ccc(F)c(Cl)c1)c1nc2ccccc2s1. The number of likely N-dealkylation sites (N-methyl/N-ethyl adjacent to an activating group) is 1. The zero-order chi connectivity index (χ0) is 14.8. The van der Waals surface area contributed by atoms with Crippen LogP contribution in [0.2, 0.25) is 5.02 Å². The molecular weight excluding hydrogens is 307 g/mol. The maximum absolute atomic E-state index is 13.2. The molecule has 108 valence electrons. The van der Waals surface area contributed by atoms with Crippen LogP contribution in [0, 0.1) is 5.82 Å². The van der Waals surface area contributed by atoms with Gasteiger partial charge in [-0.25, -0.2) is 9.37 Å². The van der Waals surface area contributed by atoms with E-state index in [1.165, 1.54) is 10.8 Å². The molecule has 5 heteroatoms. The first-order chi connectivity index (χ1) is 10.2. The molecular formula is C16H14ClFN2S. The standard InChI is InChI=1S/C16H14ClFN2S/c1-19-14(9-10-6-7-12(18)11(17)8-10)16-20-13-4-2-3-5-15(13)21-16/h2-8,14,19H,9H2,1H3. The average molecular weight is 321 g/mol. The Morgan fingerprint density at radius 3 is 2.81 bits per heavy atom. The van der Waals surface area contributed by atoms with Crippen molar-refractivity contribution in [2.45, 2.75) is 12.5 Å². The van der Waals surface area contributed by atoms with Crippen LogP contribution in [0.3, 0.4) is 0 Å². The lowest BCUT2D eigenvalue weighted by Gasteiger charge is -2.13. The van der Waals surface area contributed by atoms with Gasteiger partial charge in [0.2, 0.25) is 0 Å². The highest BCUT2D eigenvalue weighted by Gasteiger charge is 2.15. The zero-order valence-corrected chi connectivity index (χ0v) is 13.0. The molecule has 3 rings (SSSR count). The van der Waals surface area contributed by atoms with Gasteiger partial charge in [0.1, 0.15) is 10.8 Å². The number of para-hydroxylation sites is 1. The molecule has 3 aromatic rings. The monoisotopic (exact) mass is 320 g/mol. The number of fused-ring (bicyclic) bond motifs is 1. The van der Waals surface area contributed by atoms with Crippen molar-refractivity contribution in [3.05, 3.63) is 63.9 Å². The molecule has 0 aliphatic rings. The van der Waals surface area contributed by atoms with Crippen molar-refractivity contribution in [3.8, 4) is 0 Å². The van der Waals surface area contributed by atoms with E-state index in [-0.39, 0.29) is 16.9 Å². The van der Waals surface area contributed by atoms with Gasteiger partial charge in [-0.1, -0.05) is 29.8 Å². The summed E-state index contributed by atoms with van der Waals surface area (Å²) in [6.07, 6.45) is 0.719. The van der Waals surface area contributed by atoms with E-state index in [1.807, 2.05) is 25.2 Å². The highest BCUT2D eigenvalue weighted by Crippen LogP contribution is 2.28. The number of rotatable bonds is 4. The van der Waals surface area contributed by atoms with Crippen LogP contribution in [0.1, 0.15) is 16.6 Å². The van der Waals surface area contributed by atoms with E-state index in [0.29, 0.717) is 0 Å². The largest absolute Gasteiger partial charge is 0.311 e. The lowest BCUT2D eigenvalue weighted by molar-refractivity contribution is 0.587. The average Bonchev–Trinajstić information content (AvgIpc) is 2.92. The molecule has 1 N–H and O–H groups in total. The number of nitrogens with one attached hydrogen (secondary N) is 1. The Bertz CT molecular complexity index is 739. The van der Waals surface area contributed by atoms with Gasteiger partial charge in [-0.3, -0.25) is 0 Å². The van der Waals surface area contributed by atoms with Crippen LogP contribution in [0.5, 0.6) is 0 Å². The maximum Gasteiger partial charge on any atom is 0.141 e. The molecule has 0 aliphatic carbocycles. The van der Waals surface area contributed by atoms with Crippen molar-refractivity contribution in [3.63, 3.8) is 0 Å². The second-order valence-corrected chi connectivity index (χ2v) is 6.28. The van der Waals surface area contributed by atoms with E-state index in [4.69, 9.17) is 11.6 Å². The highest BCUT2D eigenvalue weighted by molar-refractivity contribution is 7.18. The fourth-order valence-corrected chi connectivity index (χ4v) is 3.53. The Balaban J connectivity index is 1.88. The number of halogens is 2. The molecule has 2 nitrogen and oxygen atoms in total. The van der Waals surface area contributed by atoms with Crippen molar-refractivity contribution in [1.29, 1.82) is 0 Å². The molecule has 0 spiro atoms. The van der Waals surface area contributed by atoms with Gasteiger partial charge < -0.3 is 5.32 Å². The fourth-order valence-electron chi connectivity index (χ4n) is 2.25. The molecule has 21 heavy (non-hydrogen) atoms. The van der Waals surface area contributed by atoms with Crippen LogP contribution in [0.4, 0.5) is 4.39 Å². The Hall–Kier alpha value is -1.49. The minimum absolute atomic E-state index is 0.0870. The van der Waals surface area contributed by atoms with Crippen molar-refractivity contribution in [2.75, 3.05) is 7.05 Å². The van der Waals surface area contributed by atoms with Crippen LogP contribution in [-0.2, 0) is 6.42 Å². The van der Waals surface area contributed by atoms with Crippen LogP contribution < -0.4 is 5.32 Å². The van der Waals surface area contributed by atoms with E-state index in [0.717, 1.165) is 22.5 Å². The Morgan fingerprint density at radius 1 is 1.29 bits per heavy atom. The normalized spacial score (nSPS) is 12.7. The first-order valence-electron chi connectivity index (χ1n) is 6.64. The van der Waals surface area contributed by atoms with Gasteiger partial charge in [-0.2, -0.15) is 0 Å². The van der Waals surface area contributed by atoms with Crippen LogP contribution >= 0.6 is 22.9 Å². The molecule has 0 aliphatic heterocycles. The second-order valence-electron chi connectivity index (χ2n) is 4.81. The predicted octanol–water partition coefficient (Wildman–Crippen LogP) is 4.59. The van der Waals surface area contributed by atoms with Crippen molar-refractivity contribution >= 4 is 33.2 Å².